The molecule has 27 heavy (non-hydrogen) atoms. The van der Waals surface area contributed by atoms with Crippen molar-refractivity contribution in [3.8, 4) is 0 Å². The average Bonchev–Trinajstić information content (AvgIpc) is 3.07. The molecular formula is C22H26O4S. The highest BCUT2D eigenvalue weighted by atomic mass is 32.2. The zero-order valence-electron chi connectivity index (χ0n) is 15.8. The van der Waals surface area contributed by atoms with E-state index in [-0.39, 0.29) is 47.4 Å². The first-order valence-electron chi connectivity index (χ1n) is 9.66. The van der Waals surface area contributed by atoms with Gasteiger partial charge in [-0.3, -0.25) is 9.59 Å². The number of aliphatic hydroxyl groups is 1. The number of Topliss-reactive ketones (excluding diaryl/α,β-unsaturated/α-hetero) is 1. The Kier molecular flexibility index (Phi) is 4.93. The highest BCUT2D eigenvalue weighted by Crippen LogP contribution is 2.52. The lowest BCUT2D eigenvalue weighted by molar-refractivity contribution is -0.146. The summed E-state index contributed by atoms with van der Waals surface area (Å²) in [5.74, 6) is -0.248. The summed E-state index contributed by atoms with van der Waals surface area (Å²) in [4.78, 5) is 26.2. The van der Waals surface area contributed by atoms with E-state index < -0.39 is 6.10 Å². The van der Waals surface area contributed by atoms with Crippen molar-refractivity contribution in [3.63, 3.8) is 0 Å². The van der Waals surface area contributed by atoms with Crippen molar-refractivity contribution in [1.29, 1.82) is 0 Å². The van der Waals surface area contributed by atoms with E-state index in [1.165, 1.54) is 5.56 Å². The number of aliphatic hydroxyl groups excluding tert-OH is 1. The SMILES string of the molecule is C=C1C[C@H](O)[C@@H]2[C@H](OC(=O)[C@H]2CSc2ccccc2C)[C@H]2[C@H](C)C(=O)C[C@@H]12. The Hall–Kier alpha value is -1.59. The summed E-state index contributed by atoms with van der Waals surface area (Å²) >= 11 is 1.64. The maximum atomic E-state index is 12.7. The van der Waals surface area contributed by atoms with Crippen LogP contribution in [0.1, 0.15) is 25.3 Å². The van der Waals surface area contributed by atoms with Crippen LogP contribution in [0.5, 0.6) is 0 Å². The molecule has 1 aromatic carbocycles. The van der Waals surface area contributed by atoms with Gasteiger partial charge in [-0.15, -0.1) is 11.8 Å². The molecule has 1 heterocycles. The molecule has 144 valence electrons. The molecule has 2 aliphatic carbocycles. The molecule has 1 aliphatic heterocycles. The molecule has 1 aromatic rings. The second kappa shape index (κ2) is 7.10. The summed E-state index contributed by atoms with van der Waals surface area (Å²) in [6, 6.07) is 8.10. The molecule has 0 aromatic heterocycles. The highest BCUT2D eigenvalue weighted by Gasteiger charge is 2.58. The van der Waals surface area contributed by atoms with Crippen molar-refractivity contribution in [3.05, 3.63) is 42.0 Å². The number of aryl methyl sites for hydroxylation is 1. The van der Waals surface area contributed by atoms with Crippen molar-refractivity contribution >= 4 is 23.5 Å². The first kappa shape index (κ1) is 18.8. The van der Waals surface area contributed by atoms with Crippen molar-refractivity contribution in [2.75, 3.05) is 5.75 Å². The molecule has 2 saturated carbocycles. The molecule has 7 atom stereocenters. The minimum Gasteiger partial charge on any atom is -0.461 e. The quantitative estimate of drug-likeness (QED) is 0.490. The second-order valence-corrected chi connectivity index (χ2v) is 9.30. The number of esters is 1. The second-order valence-electron chi connectivity index (χ2n) is 8.23. The molecule has 5 heteroatoms. The highest BCUT2D eigenvalue weighted by molar-refractivity contribution is 7.99. The van der Waals surface area contributed by atoms with Crippen LogP contribution in [-0.4, -0.2) is 34.8 Å². The van der Waals surface area contributed by atoms with E-state index in [9.17, 15) is 14.7 Å². The van der Waals surface area contributed by atoms with Crippen LogP contribution in [0.2, 0.25) is 0 Å². The largest absolute Gasteiger partial charge is 0.461 e. The van der Waals surface area contributed by atoms with Gasteiger partial charge in [0.25, 0.3) is 0 Å². The number of thioether (sulfide) groups is 1. The Morgan fingerprint density at radius 1 is 1.22 bits per heavy atom. The summed E-state index contributed by atoms with van der Waals surface area (Å²) in [5, 5.41) is 10.9. The molecule has 4 rings (SSSR count). The molecule has 4 nitrogen and oxygen atoms in total. The fraction of sp³-hybridized carbons (Fsp3) is 0.545. The molecule has 1 N–H and O–H groups in total. The fourth-order valence-electron chi connectivity index (χ4n) is 5.17. The van der Waals surface area contributed by atoms with E-state index in [0.29, 0.717) is 18.6 Å². The molecule has 3 aliphatic rings. The van der Waals surface area contributed by atoms with Gasteiger partial charge in [-0.25, -0.2) is 0 Å². The van der Waals surface area contributed by atoms with Crippen LogP contribution in [0.4, 0.5) is 0 Å². The zero-order valence-corrected chi connectivity index (χ0v) is 16.6. The van der Waals surface area contributed by atoms with Crippen molar-refractivity contribution in [2.45, 2.75) is 43.8 Å². The monoisotopic (exact) mass is 386 g/mol. The van der Waals surface area contributed by atoms with Crippen LogP contribution < -0.4 is 0 Å². The predicted octanol–water partition coefficient (Wildman–Crippen LogP) is 3.41. The Balaban J connectivity index is 1.60. The molecule has 0 unspecified atom stereocenters. The van der Waals surface area contributed by atoms with E-state index in [2.05, 4.69) is 25.6 Å². The molecular weight excluding hydrogens is 360 g/mol. The first-order valence-corrected chi connectivity index (χ1v) is 10.6. The fourth-order valence-corrected chi connectivity index (χ4v) is 6.36. The topological polar surface area (TPSA) is 63.6 Å². The molecule has 0 radical (unpaired) electrons. The first-order chi connectivity index (χ1) is 12.9. The molecule has 3 fully saturated rings. The summed E-state index contributed by atoms with van der Waals surface area (Å²) in [5.41, 5.74) is 2.11. The predicted molar refractivity (Wildman–Crippen MR) is 104 cm³/mol. The van der Waals surface area contributed by atoms with Crippen LogP contribution in [0, 0.1) is 36.5 Å². The third kappa shape index (κ3) is 3.15. The van der Waals surface area contributed by atoms with Crippen molar-refractivity contribution in [1.82, 2.24) is 0 Å². The third-order valence-corrected chi connectivity index (χ3v) is 8.00. The van der Waals surface area contributed by atoms with Gasteiger partial charge in [0.15, 0.2) is 0 Å². The number of fused-ring (bicyclic) bond motifs is 3. The van der Waals surface area contributed by atoms with Gasteiger partial charge < -0.3 is 9.84 Å². The summed E-state index contributed by atoms with van der Waals surface area (Å²) < 4.78 is 5.82. The van der Waals surface area contributed by atoms with E-state index in [4.69, 9.17) is 4.74 Å². The van der Waals surface area contributed by atoms with Crippen molar-refractivity contribution < 1.29 is 19.4 Å². The van der Waals surface area contributed by atoms with Gasteiger partial charge in [-0.2, -0.15) is 0 Å². The van der Waals surface area contributed by atoms with E-state index >= 15 is 0 Å². The number of carbonyl (C=O) groups excluding carboxylic acids is 2. The maximum absolute atomic E-state index is 12.7. The Labute approximate surface area is 164 Å². The number of benzene rings is 1. The van der Waals surface area contributed by atoms with Crippen LogP contribution in [0.15, 0.2) is 41.3 Å². The molecule has 0 bridgehead atoms. The summed E-state index contributed by atoms with van der Waals surface area (Å²) in [7, 11) is 0. The Morgan fingerprint density at radius 2 is 1.96 bits per heavy atom. The lowest BCUT2D eigenvalue weighted by atomic mass is 9.77. The normalized spacial score (nSPS) is 38.3. The van der Waals surface area contributed by atoms with E-state index in [1.54, 1.807) is 11.8 Å². The minimum atomic E-state index is -0.649. The number of ether oxygens (including phenoxy) is 1. The molecule has 0 amide bonds. The third-order valence-electron chi connectivity index (χ3n) is 6.70. The molecule has 0 spiro atoms. The van der Waals surface area contributed by atoms with Gasteiger partial charge in [0.1, 0.15) is 11.9 Å². The van der Waals surface area contributed by atoms with Gasteiger partial charge >= 0.3 is 5.97 Å². The number of rotatable bonds is 3. The van der Waals surface area contributed by atoms with Gasteiger partial charge in [-0.1, -0.05) is 37.3 Å². The van der Waals surface area contributed by atoms with Crippen LogP contribution in [-0.2, 0) is 14.3 Å². The van der Waals surface area contributed by atoms with Gasteiger partial charge in [0, 0.05) is 34.8 Å². The Morgan fingerprint density at radius 3 is 2.70 bits per heavy atom. The number of hydrogen-bond acceptors (Lipinski definition) is 5. The van der Waals surface area contributed by atoms with E-state index in [0.717, 1.165) is 10.5 Å². The summed E-state index contributed by atoms with van der Waals surface area (Å²) in [6.07, 6.45) is -0.129. The summed E-state index contributed by atoms with van der Waals surface area (Å²) in [6.45, 7) is 8.14. The van der Waals surface area contributed by atoms with Crippen LogP contribution >= 0.6 is 11.8 Å². The number of ketones is 1. The maximum Gasteiger partial charge on any atom is 0.310 e. The van der Waals surface area contributed by atoms with Gasteiger partial charge in [0.2, 0.25) is 0 Å². The minimum absolute atomic E-state index is 0.0210. The van der Waals surface area contributed by atoms with Gasteiger partial charge in [0.05, 0.1) is 12.0 Å². The zero-order chi connectivity index (χ0) is 19.3. The van der Waals surface area contributed by atoms with Crippen molar-refractivity contribution in [2.24, 2.45) is 29.6 Å². The van der Waals surface area contributed by atoms with Crippen LogP contribution in [0.3, 0.4) is 0 Å². The van der Waals surface area contributed by atoms with E-state index in [1.807, 2.05) is 19.1 Å². The van der Waals surface area contributed by atoms with Crippen LogP contribution in [0.25, 0.3) is 0 Å². The standard InChI is InChI=1S/C22H26O4S/c1-11-6-4-5-7-18(11)27-10-15-20-17(24)8-12(2)14-9-16(23)13(3)19(14)21(20)26-22(15)25/h4-7,13-15,17,19-21,24H,2,8-10H2,1,3H3/t13-,14+,15+,17+,19+,20-,21-/m1/s1. The lowest BCUT2D eigenvalue weighted by Crippen LogP contribution is -2.38. The lowest BCUT2D eigenvalue weighted by Gasteiger charge is -2.29. The smallest absolute Gasteiger partial charge is 0.310 e. The number of hydrogen-bond donors (Lipinski definition) is 1. The Bertz CT molecular complexity index is 788. The average molecular weight is 387 g/mol. The van der Waals surface area contributed by atoms with Gasteiger partial charge in [-0.05, 0) is 30.9 Å². The number of carbonyl (C=O) groups is 2. The molecule has 1 saturated heterocycles.